The van der Waals surface area contributed by atoms with Gasteiger partial charge in [0.05, 0.1) is 7.11 Å². The fourth-order valence-electron chi connectivity index (χ4n) is 1.76. The number of carbonyl (C=O) groups is 1. The van der Waals surface area contributed by atoms with Crippen LogP contribution in [0.25, 0.3) is 0 Å². The van der Waals surface area contributed by atoms with Crippen molar-refractivity contribution in [3.05, 3.63) is 59.7 Å². The first-order valence-electron chi connectivity index (χ1n) is 5.90. The number of ketones is 1. The topological polar surface area (TPSA) is 26.3 Å². The minimum Gasteiger partial charge on any atom is -0.497 e. The minimum atomic E-state index is -5.04. The van der Waals surface area contributed by atoms with Crippen LogP contribution in [-0.4, -0.2) is 19.9 Å². The molecule has 0 fully saturated rings. The van der Waals surface area contributed by atoms with E-state index in [0.29, 0.717) is 11.3 Å². The second-order valence-corrected chi connectivity index (χ2v) is 4.25. The van der Waals surface area contributed by atoms with Gasteiger partial charge in [-0.1, -0.05) is 24.3 Å². The summed E-state index contributed by atoms with van der Waals surface area (Å²) in [4.78, 5) is 12.1. The van der Waals surface area contributed by atoms with Crippen LogP contribution in [-0.2, 0) is 0 Å². The average Bonchev–Trinajstić information content (AvgIpc) is 2.46. The SMILES string of the molecule is COc1ccc(C(=O)c2ccc([B-](F)(F)F)cc2)cc1.[K+]. The van der Waals surface area contributed by atoms with E-state index in [-0.39, 0.29) is 62.7 Å². The van der Waals surface area contributed by atoms with E-state index < -0.39 is 12.4 Å². The van der Waals surface area contributed by atoms with Crippen molar-refractivity contribution in [1.29, 1.82) is 0 Å². The molecule has 7 heteroatoms. The van der Waals surface area contributed by atoms with E-state index in [4.69, 9.17) is 4.74 Å². The summed E-state index contributed by atoms with van der Waals surface area (Å²) in [6.45, 7) is -5.04. The van der Waals surface area contributed by atoms with Gasteiger partial charge >= 0.3 is 58.4 Å². The summed E-state index contributed by atoms with van der Waals surface area (Å²) in [5.74, 6) is 0.283. The van der Waals surface area contributed by atoms with Crippen LogP contribution in [0.5, 0.6) is 5.75 Å². The molecule has 0 spiro atoms. The molecule has 21 heavy (non-hydrogen) atoms. The van der Waals surface area contributed by atoms with Crippen molar-refractivity contribution in [2.75, 3.05) is 7.11 Å². The number of hydrogen-bond donors (Lipinski definition) is 0. The Balaban J connectivity index is 0.00000220. The van der Waals surface area contributed by atoms with Crippen LogP contribution in [0.4, 0.5) is 12.9 Å². The van der Waals surface area contributed by atoms with Crippen LogP contribution in [0, 0.1) is 0 Å². The first-order valence-corrected chi connectivity index (χ1v) is 5.90. The van der Waals surface area contributed by atoms with E-state index in [2.05, 4.69) is 0 Å². The molecule has 0 radical (unpaired) electrons. The van der Waals surface area contributed by atoms with Crippen LogP contribution in [0.15, 0.2) is 48.5 Å². The molecular formula is C14H11BF3KO2. The van der Waals surface area contributed by atoms with Crippen molar-refractivity contribution in [3.63, 3.8) is 0 Å². The molecule has 2 nitrogen and oxygen atoms in total. The van der Waals surface area contributed by atoms with E-state index in [1.54, 1.807) is 24.3 Å². The molecule has 0 bridgehead atoms. The van der Waals surface area contributed by atoms with Crippen molar-refractivity contribution in [2.45, 2.75) is 0 Å². The van der Waals surface area contributed by atoms with Gasteiger partial charge in [0.1, 0.15) is 5.75 Å². The van der Waals surface area contributed by atoms with Gasteiger partial charge in [-0.2, -0.15) is 0 Å². The van der Waals surface area contributed by atoms with Crippen LogP contribution < -0.4 is 61.6 Å². The normalized spacial score (nSPS) is 10.7. The Kier molecular flexibility index (Phi) is 6.68. The van der Waals surface area contributed by atoms with E-state index in [1.165, 1.54) is 19.2 Å². The maximum absolute atomic E-state index is 12.5. The summed E-state index contributed by atoms with van der Waals surface area (Å²) in [7, 11) is 1.51. The van der Waals surface area contributed by atoms with Crippen LogP contribution in [0.1, 0.15) is 15.9 Å². The summed E-state index contributed by atoms with van der Waals surface area (Å²) in [5.41, 5.74) is -0.0914. The van der Waals surface area contributed by atoms with Gasteiger partial charge in [0.2, 0.25) is 0 Å². The quantitative estimate of drug-likeness (QED) is 0.585. The molecule has 0 atom stereocenters. The monoisotopic (exact) mass is 318 g/mol. The Morgan fingerprint density at radius 3 is 1.71 bits per heavy atom. The van der Waals surface area contributed by atoms with Gasteiger partial charge in [-0.25, -0.2) is 0 Å². The number of carbonyl (C=O) groups excluding carboxylic acids is 1. The number of rotatable bonds is 4. The average molecular weight is 318 g/mol. The van der Waals surface area contributed by atoms with Crippen molar-refractivity contribution >= 4 is 18.2 Å². The largest absolute Gasteiger partial charge is 1.00 e. The second kappa shape index (κ2) is 7.60. The first kappa shape index (κ1) is 18.5. The third-order valence-corrected chi connectivity index (χ3v) is 2.90. The van der Waals surface area contributed by atoms with Gasteiger partial charge in [0.25, 0.3) is 0 Å². The van der Waals surface area contributed by atoms with E-state index in [1.807, 2.05) is 0 Å². The Labute approximate surface area is 163 Å². The molecule has 0 unspecified atom stereocenters. The van der Waals surface area contributed by atoms with E-state index in [0.717, 1.165) is 12.1 Å². The number of ether oxygens (including phenoxy) is 1. The summed E-state index contributed by atoms with van der Waals surface area (Å²) >= 11 is 0. The Hall–Kier alpha value is -0.599. The van der Waals surface area contributed by atoms with Crippen molar-refractivity contribution in [3.8, 4) is 5.75 Å². The van der Waals surface area contributed by atoms with E-state index >= 15 is 0 Å². The molecule has 0 aliphatic carbocycles. The van der Waals surface area contributed by atoms with Crippen molar-refractivity contribution < 1.29 is 73.9 Å². The fourth-order valence-corrected chi connectivity index (χ4v) is 1.76. The number of halogens is 3. The van der Waals surface area contributed by atoms with Gasteiger partial charge in [0.15, 0.2) is 5.78 Å². The predicted molar refractivity (Wildman–Crippen MR) is 71.6 cm³/mol. The summed E-state index contributed by atoms with van der Waals surface area (Å²) in [5, 5.41) is 0. The maximum Gasteiger partial charge on any atom is 1.00 e. The van der Waals surface area contributed by atoms with Crippen molar-refractivity contribution in [2.24, 2.45) is 0 Å². The third kappa shape index (κ3) is 4.69. The third-order valence-electron chi connectivity index (χ3n) is 2.90. The maximum atomic E-state index is 12.5. The molecule has 2 aromatic rings. The fraction of sp³-hybridized carbons (Fsp3) is 0.0714. The van der Waals surface area contributed by atoms with Gasteiger partial charge in [0, 0.05) is 11.1 Å². The van der Waals surface area contributed by atoms with Crippen LogP contribution >= 0.6 is 0 Å². The molecule has 0 aromatic heterocycles. The summed E-state index contributed by atoms with van der Waals surface area (Å²) in [6.07, 6.45) is 0. The molecule has 0 aliphatic heterocycles. The Bertz CT molecular complexity index is 610. The molecule has 2 rings (SSSR count). The zero-order valence-corrected chi connectivity index (χ0v) is 14.8. The number of hydrogen-bond acceptors (Lipinski definition) is 2. The molecule has 0 amide bonds. The van der Waals surface area contributed by atoms with Gasteiger partial charge < -0.3 is 17.7 Å². The molecule has 2 aromatic carbocycles. The smallest absolute Gasteiger partial charge is 0.497 e. The molecule has 0 aliphatic rings. The molecule has 0 heterocycles. The summed E-state index contributed by atoms with van der Waals surface area (Å²) < 4.78 is 42.4. The van der Waals surface area contributed by atoms with Gasteiger partial charge in [-0.3, -0.25) is 4.79 Å². The zero-order chi connectivity index (χ0) is 14.8. The molecule has 0 saturated heterocycles. The first-order chi connectivity index (χ1) is 9.41. The Morgan fingerprint density at radius 1 is 0.905 bits per heavy atom. The van der Waals surface area contributed by atoms with Crippen LogP contribution in [0.2, 0.25) is 0 Å². The second-order valence-electron chi connectivity index (χ2n) is 4.25. The number of methoxy groups -OCH3 is 1. The Morgan fingerprint density at radius 2 is 1.33 bits per heavy atom. The predicted octanol–water partition coefficient (Wildman–Crippen LogP) is -0.0154. The molecule has 0 saturated carbocycles. The van der Waals surface area contributed by atoms with Gasteiger partial charge in [-0.05, 0) is 24.3 Å². The molecule has 104 valence electrons. The summed E-state index contributed by atoms with van der Waals surface area (Å²) in [6, 6.07) is 10.6. The van der Waals surface area contributed by atoms with Gasteiger partial charge in [-0.15, -0.1) is 5.46 Å². The number of benzene rings is 2. The molecular weight excluding hydrogens is 307 g/mol. The standard InChI is InChI=1S/C14H11BF3O2.K/c1-20-13-8-4-11(5-9-13)14(19)10-2-6-12(7-3-10)15(16,17)18;/h2-9H,1H3;/q-1;+1. The van der Waals surface area contributed by atoms with Crippen LogP contribution in [0.3, 0.4) is 0 Å². The minimum absolute atomic E-state index is 0. The van der Waals surface area contributed by atoms with E-state index in [9.17, 15) is 17.7 Å². The van der Waals surface area contributed by atoms with Crippen molar-refractivity contribution in [1.82, 2.24) is 0 Å². The zero-order valence-electron chi connectivity index (χ0n) is 11.6. The molecule has 0 N–H and O–H groups in total.